The van der Waals surface area contributed by atoms with Gasteiger partial charge in [0, 0.05) is 22.9 Å². The number of allylic oxidation sites excluding steroid dienone is 1. The normalized spacial score (nSPS) is 8.81. The van der Waals surface area contributed by atoms with Crippen molar-refractivity contribution in [1.29, 1.82) is 10.5 Å². The van der Waals surface area contributed by atoms with Crippen molar-refractivity contribution >= 4 is 43.5 Å². The second kappa shape index (κ2) is 14.7. The Morgan fingerprint density at radius 3 is 2.23 bits per heavy atom. The SMILES string of the molecule is C=C(Cl)C#N.N#Cc1cn(Cc2cccnc2Br)nn1.[N-]=[N+]=NCc1cccnc1Br. The van der Waals surface area contributed by atoms with Crippen molar-refractivity contribution in [3.8, 4) is 12.1 Å². The smallest absolute Gasteiger partial charge is 0.182 e. The Kier molecular flexibility index (Phi) is 12.2. The number of nitrogens with zero attached hydrogens (tertiary/aromatic N) is 10. The highest BCUT2D eigenvalue weighted by Gasteiger charge is 2.03. The van der Waals surface area contributed by atoms with Crippen LogP contribution in [0.2, 0.25) is 0 Å². The first-order chi connectivity index (χ1) is 14.9. The molecule has 0 aliphatic rings. The number of hydrogen-bond acceptors (Lipinski definition) is 7. The first kappa shape index (κ1) is 25.8. The van der Waals surface area contributed by atoms with Crippen molar-refractivity contribution < 1.29 is 0 Å². The Hall–Kier alpha value is -3.28. The third kappa shape index (κ3) is 10.3. The van der Waals surface area contributed by atoms with Crippen molar-refractivity contribution in [1.82, 2.24) is 25.0 Å². The predicted molar refractivity (Wildman–Crippen MR) is 121 cm³/mol. The van der Waals surface area contributed by atoms with Crippen LogP contribution in [0.4, 0.5) is 0 Å². The quantitative estimate of drug-likeness (QED) is 0.138. The van der Waals surface area contributed by atoms with Gasteiger partial charge in [-0.2, -0.15) is 10.5 Å². The lowest BCUT2D eigenvalue weighted by Gasteiger charge is -2.01. The average molecular weight is 565 g/mol. The first-order valence-corrected chi connectivity index (χ1v) is 10.1. The van der Waals surface area contributed by atoms with Crippen LogP contribution < -0.4 is 0 Å². The van der Waals surface area contributed by atoms with Crippen molar-refractivity contribution in [2.24, 2.45) is 5.11 Å². The third-order valence-corrected chi connectivity index (χ3v) is 4.60. The molecular formula is C18H13Br2ClN10. The maximum Gasteiger partial charge on any atom is 0.182 e. The molecule has 0 bridgehead atoms. The van der Waals surface area contributed by atoms with Gasteiger partial charge in [-0.25, -0.2) is 14.6 Å². The fourth-order valence-electron chi connectivity index (χ4n) is 1.78. The van der Waals surface area contributed by atoms with Crippen LogP contribution in [0, 0.1) is 22.7 Å². The van der Waals surface area contributed by atoms with Gasteiger partial charge in [-0.15, -0.1) is 5.10 Å². The molecule has 0 aliphatic heterocycles. The van der Waals surface area contributed by atoms with E-state index < -0.39 is 0 Å². The lowest BCUT2D eigenvalue weighted by Crippen LogP contribution is -2.01. The molecule has 10 nitrogen and oxygen atoms in total. The molecule has 3 rings (SSSR count). The van der Waals surface area contributed by atoms with Gasteiger partial charge in [0.2, 0.25) is 0 Å². The highest BCUT2D eigenvalue weighted by Crippen LogP contribution is 2.14. The van der Waals surface area contributed by atoms with Crippen molar-refractivity contribution in [3.05, 3.63) is 90.9 Å². The number of halogens is 3. The monoisotopic (exact) mass is 562 g/mol. The van der Waals surface area contributed by atoms with E-state index in [0.717, 1.165) is 20.3 Å². The minimum atomic E-state index is 0.0324. The zero-order chi connectivity index (χ0) is 23.1. The zero-order valence-corrected chi connectivity index (χ0v) is 19.7. The molecule has 0 aliphatic carbocycles. The predicted octanol–water partition coefficient (Wildman–Crippen LogP) is 5.27. The summed E-state index contributed by atoms with van der Waals surface area (Å²) in [5.41, 5.74) is 10.2. The zero-order valence-electron chi connectivity index (χ0n) is 15.8. The number of aromatic nitrogens is 5. The van der Waals surface area contributed by atoms with E-state index in [1.807, 2.05) is 24.3 Å². The molecule has 0 amide bonds. The molecule has 0 saturated carbocycles. The molecule has 0 spiro atoms. The Morgan fingerprint density at radius 2 is 1.77 bits per heavy atom. The summed E-state index contributed by atoms with van der Waals surface area (Å²) in [6, 6.07) is 11.0. The van der Waals surface area contributed by atoms with E-state index in [9.17, 15) is 0 Å². The minimum absolute atomic E-state index is 0.0324. The summed E-state index contributed by atoms with van der Waals surface area (Å²) >= 11 is 11.5. The number of nitriles is 2. The van der Waals surface area contributed by atoms with Crippen LogP contribution in [0.5, 0.6) is 0 Å². The summed E-state index contributed by atoms with van der Waals surface area (Å²) < 4.78 is 3.10. The molecule has 0 radical (unpaired) electrons. The van der Waals surface area contributed by atoms with E-state index in [0.29, 0.717) is 18.8 Å². The van der Waals surface area contributed by atoms with E-state index in [2.05, 4.69) is 68.7 Å². The topological polar surface area (TPSA) is 153 Å². The maximum absolute atomic E-state index is 8.58. The van der Waals surface area contributed by atoms with Gasteiger partial charge in [-0.3, -0.25) is 0 Å². The molecule has 13 heteroatoms. The van der Waals surface area contributed by atoms with Crippen LogP contribution in [0.25, 0.3) is 10.4 Å². The molecule has 156 valence electrons. The lowest BCUT2D eigenvalue weighted by molar-refractivity contribution is 0.646. The molecule has 0 atom stereocenters. The van der Waals surface area contributed by atoms with Gasteiger partial charge in [0.1, 0.15) is 26.4 Å². The van der Waals surface area contributed by atoms with Crippen LogP contribution in [-0.4, -0.2) is 25.0 Å². The van der Waals surface area contributed by atoms with Gasteiger partial charge >= 0.3 is 0 Å². The molecule has 0 unspecified atom stereocenters. The summed E-state index contributed by atoms with van der Waals surface area (Å²) in [7, 11) is 0. The van der Waals surface area contributed by atoms with E-state index >= 15 is 0 Å². The Bertz CT molecular complexity index is 1140. The molecule has 31 heavy (non-hydrogen) atoms. The standard InChI is InChI=1S/C9H6BrN5.C6H5BrN4.C3H2ClN/c10-9-7(2-1-3-12-9)5-15-6-8(4-11)13-14-15;7-6-5(4-10-11-8)2-1-3-9-6;1-3(4)2-5/h1-3,6H,5H2;1-3H,4H2;1H2. The molecule has 3 aromatic heterocycles. The van der Waals surface area contributed by atoms with Crippen LogP contribution >= 0.6 is 43.5 Å². The summed E-state index contributed by atoms with van der Waals surface area (Å²) in [6.45, 7) is 3.96. The molecule has 0 saturated heterocycles. The van der Waals surface area contributed by atoms with E-state index in [4.69, 9.17) is 27.7 Å². The van der Waals surface area contributed by atoms with Crippen molar-refractivity contribution in [3.63, 3.8) is 0 Å². The second-order valence-electron chi connectivity index (χ2n) is 5.23. The molecule has 0 aromatic carbocycles. The van der Waals surface area contributed by atoms with E-state index in [1.165, 1.54) is 0 Å². The molecule has 0 N–H and O–H groups in total. The van der Waals surface area contributed by atoms with Crippen molar-refractivity contribution in [2.45, 2.75) is 13.1 Å². The number of rotatable bonds is 4. The Balaban J connectivity index is 0.000000264. The molecule has 3 heterocycles. The van der Waals surface area contributed by atoms with Gasteiger partial charge in [-0.1, -0.05) is 40.6 Å². The highest BCUT2D eigenvalue weighted by atomic mass is 79.9. The van der Waals surface area contributed by atoms with Gasteiger partial charge < -0.3 is 0 Å². The van der Waals surface area contributed by atoms with Gasteiger partial charge in [0.15, 0.2) is 5.69 Å². The summed E-state index contributed by atoms with van der Waals surface area (Å²) in [4.78, 5) is 10.7. The first-order valence-electron chi connectivity index (χ1n) is 8.15. The summed E-state index contributed by atoms with van der Waals surface area (Å²) in [5.74, 6) is 0. The fraction of sp³-hybridized carbons (Fsp3) is 0.111. The largest absolute Gasteiger partial charge is 0.249 e. The Morgan fingerprint density at radius 1 is 1.19 bits per heavy atom. The molecular weight excluding hydrogens is 552 g/mol. The Labute approximate surface area is 199 Å². The van der Waals surface area contributed by atoms with Gasteiger partial charge in [0.05, 0.1) is 19.3 Å². The van der Waals surface area contributed by atoms with Crippen LogP contribution in [0.1, 0.15) is 16.8 Å². The number of hydrogen-bond donors (Lipinski definition) is 0. The number of pyridine rings is 2. The average Bonchev–Trinajstić information content (AvgIpc) is 3.23. The third-order valence-electron chi connectivity index (χ3n) is 3.08. The van der Waals surface area contributed by atoms with Gasteiger partial charge in [0.25, 0.3) is 0 Å². The minimum Gasteiger partial charge on any atom is -0.249 e. The summed E-state index contributed by atoms with van der Waals surface area (Å²) in [5, 5.41) is 27.2. The maximum atomic E-state index is 8.58. The molecule has 0 fully saturated rings. The number of azide groups is 1. The van der Waals surface area contributed by atoms with Crippen LogP contribution in [-0.2, 0) is 13.1 Å². The van der Waals surface area contributed by atoms with Crippen LogP contribution in [0.15, 0.2) is 68.8 Å². The van der Waals surface area contributed by atoms with Crippen molar-refractivity contribution in [2.75, 3.05) is 0 Å². The van der Waals surface area contributed by atoms with Crippen LogP contribution in [0.3, 0.4) is 0 Å². The summed E-state index contributed by atoms with van der Waals surface area (Å²) in [6.07, 6.45) is 4.97. The fourth-order valence-corrected chi connectivity index (χ4v) is 2.54. The van der Waals surface area contributed by atoms with Gasteiger partial charge in [-0.05, 0) is 55.1 Å². The lowest BCUT2D eigenvalue weighted by atomic mass is 10.3. The van der Waals surface area contributed by atoms with E-state index in [-0.39, 0.29) is 5.03 Å². The highest BCUT2D eigenvalue weighted by molar-refractivity contribution is 9.10. The van der Waals surface area contributed by atoms with E-state index in [1.54, 1.807) is 35.4 Å². The second-order valence-corrected chi connectivity index (χ2v) is 7.18. The molecule has 3 aromatic rings.